The molecule has 2 aromatic carbocycles. The molecule has 1 heterocycles. The van der Waals surface area contributed by atoms with Crippen molar-refractivity contribution >= 4 is 5.97 Å². The van der Waals surface area contributed by atoms with E-state index in [2.05, 4.69) is 16.0 Å². The molecule has 0 N–H and O–H groups in total. The lowest BCUT2D eigenvalue weighted by Gasteiger charge is -2.05. The minimum absolute atomic E-state index is 0.0421. The van der Waals surface area contributed by atoms with Crippen LogP contribution in [0.4, 0.5) is 0 Å². The van der Waals surface area contributed by atoms with Crippen LogP contribution in [0.2, 0.25) is 0 Å². The number of nitrogens with zero attached hydrogens (tertiary/aromatic N) is 3. The molecule has 0 bridgehead atoms. The van der Waals surface area contributed by atoms with E-state index in [1.54, 1.807) is 24.5 Å². The topological polar surface area (TPSA) is 75.9 Å². The normalized spacial score (nSPS) is 10.0. The Morgan fingerprint density at radius 3 is 1.79 bits per heavy atom. The first-order valence-electron chi connectivity index (χ1n) is 7.27. The number of rotatable bonds is 3. The summed E-state index contributed by atoms with van der Waals surface area (Å²) in [6.45, 7) is 1.30. The first-order valence-corrected chi connectivity index (χ1v) is 7.27. The Hall–Kier alpha value is -3.52. The Morgan fingerprint density at radius 2 is 1.33 bits per heavy atom. The van der Waals surface area contributed by atoms with Gasteiger partial charge in [0.25, 0.3) is 0 Å². The third kappa shape index (κ3) is 3.45. The number of carbonyl (C=O) groups is 1. The van der Waals surface area contributed by atoms with Gasteiger partial charge in [-0.15, -0.1) is 0 Å². The van der Waals surface area contributed by atoms with Gasteiger partial charge in [-0.25, -0.2) is 9.97 Å². The molecule has 0 fully saturated rings. The minimum atomic E-state index is -0.450. The molecule has 24 heavy (non-hydrogen) atoms. The molecule has 0 spiro atoms. The van der Waals surface area contributed by atoms with Gasteiger partial charge in [-0.3, -0.25) is 4.79 Å². The molecule has 3 aromatic rings. The molecule has 116 valence electrons. The molecule has 0 saturated heterocycles. The maximum atomic E-state index is 10.9. The van der Waals surface area contributed by atoms with E-state index in [-0.39, 0.29) is 6.01 Å². The second-order valence-corrected chi connectivity index (χ2v) is 5.11. The second kappa shape index (κ2) is 6.71. The largest absolute Gasteiger partial charge is 0.391 e. The van der Waals surface area contributed by atoms with Gasteiger partial charge in [-0.1, -0.05) is 36.4 Å². The number of esters is 1. The van der Waals surface area contributed by atoms with Crippen molar-refractivity contribution in [1.82, 2.24) is 9.97 Å². The van der Waals surface area contributed by atoms with E-state index in [1.165, 1.54) is 6.92 Å². The zero-order chi connectivity index (χ0) is 16.9. The molecule has 5 nitrogen and oxygen atoms in total. The summed E-state index contributed by atoms with van der Waals surface area (Å²) in [5, 5.41) is 8.84. The third-order valence-electron chi connectivity index (χ3n) is 3.43. The van der Waals surface area contributed by atoms with E-state index in [1.807, 2.05) is 36.4 Å². The van der Waals surface area contributed by atoms with Crippen molar-refractivity contribution in [3.8, 4) is 34.3 Å². The SMILES string of the molecule is CC(=O)Oc1ncc(-c2ccc(-c3ccc(C#N)cc3)cc2)cn1. The molecule has 1 aromatic heterocycles. The predicted molar refractivity (Wildman–Crippen MR) is 88.9 cm³/mol. The van der Waals surface area contributed by atoms with Gasteiger partial charge in [0, 0.05) is 24.9 Å². The molecular formula is C19H13N3O2. The standard InChI is InChI=1S/C19H13N3O2/c1-13(23)24-19-21-11-18(12-22-19)17-8-6-16(7-9-17)15-4-2-14(10-20)3-5-15/h2-9,11-12H,1H3. The highest BCUT2D eigenvalue weighted by molar-refractivity contribution is 5.70. The van der Waals surface area contributed by atoms with Crippen LogP contribution in [0.25, 0.3) is 22.3 Å². The monoisotopic (exact) mass is 315 g/mol. The number of benzene rings is 2. The molecule has 0 radical (unpaired) electrons. The van der Waals surface area contributed by atoms with Gasteiger partial charge >= 0.3 is 12.0 Å². The summed E-state index contributed by atoms with van der Waals surface area (Å²) in [6.07, 6.45) is 3.23. The first-order chi connectivity index (χ1) is 11.7. The van der Waals surface area contributed by atoms with E-state index < -0.39 is 5.97 Å². The fraction of sp³-hybridized carbons (Fsp3) is 0.0526. The van der Waals surface area contributed by atoms with Crippen LogP contribution in [-0.4, -0.2) is 15.9 Å². The molecule has 5 heteroatoms. The highest BCUT2D eigenvalue weighted by Gasteiger charge is 2.04. The van der Waals surface area contributed by atoms with Crippen molar-refractivity contribution in [3.63, 3.8) is 0 Å². The van der Waals surface area contributed by atoms with Crippen molar-refractivity contribution < 1.29 is 9.53 Å². The van der Waals surface area contributed by atoms with Gasteiger partial charge in [-0.05, 0) is 28.8 Å². The third-order valence-corrected chi connectivity index (χ3v) is 3.43. The fourth-order valence-electron chi connectivity index (χ4n) is 2.24. The van der Waals surface area contributed by atoms with Gasteiger partial charge in [0.2, 0.25) is 0 Å². The average Bonchev–Trinajstić information content (AvgIpc) is 2.62. The lowest BCUT2D eigenvalue weighted by molar-refractivity contribution is -0.132. The summed E-state index contributed by atoms with van der Waals surface area (Å²) >= 11 is 0. The first kappa shape index (κ1) is 15.4. The quantitative estimate of drug-likeness (QED) is 0.690. The van der Waals surface area contributed by atoms with E-state index in [9.17, 15) is 4.79 Å². The number of nitriles is 1. The van der Waals surface area contributed by atoms with Crippen LogP contribution in [-0.2, 0) is 4.79 Å². The summed E-state index contributed by atoms with van der Waals surface area (Å²) in [6, 6.07) is 17.5. The van der Waals surface area contributed by atoms with E-state index in [4.69, 9.17) is 10.00 Å². The number of ether oxygens (including phenoxy) is 1. The van der Waals surface area contributed by atoms with E-state index in [0.717, 1.165) is 22.3 Å². The van der Waals surface area contributed by atoms with Gasteiger partial charge in [0.1, 0.15) is 0 Å². The van der Waals surface area contributed by atoms with Gasteiger partial charge in [0.15, 0.2) is 0 Å². The maximum Gasteiger partial charge on any atom is 0.324 e. The van der Waals surface area contributed by atoms with Crippen molar-refractivity contribution in [3.05, 3.63) is 66.5 Å². The van der Waals surface area contributed by atoms with E-state index in [0.29, 0.717) is 5.56 Å². The molecular weight excluding hydrogens is 302 g/mol. The Balaban J connectivity index is 1.81. The maximum absolute atomic E-state index is 10.9. The predicted octanol–water partition coefficient (Wildman–Crippen LogP) is 3.61. The summed E-state index contributed by atoms with van der Waals surface area (Å²) in [5.41, 5.74) is 4.53. The van der Waals surface area contributed by atoms with E-state index >= 15 is 0 Å². The number of hydrogen-bond acceptors (Lipinski definition) is 5. The van der Waals surface area contributed by atoms with Crippen LogP contribution in [0.3, 0.4) is 0 Å². The average molecular weight is 315 g/mol. The summed E-state index contributed by atoms with van der Waals surface area (Å²) in [4.78, 5) is 18.9. The highest BCUT2D eigenvalue weighted by Crippen LogP contribution is 2.24. The Morgan fingerprint density at radius 1 is 0.875 bits per heavy atom. The fourth-order valence-corrected chi connectivity index (χ4v) is 2.24. The van der Waals surface area contributed by atoms with Gasteiger partial charge < -0.3 is 4.74 Å². The molecule has 0 aliphatic carbocycles. The Bertz CT molecular complexity index is 893. The van der Waals surface area contributed by atoms with Crippen LogP contribution in [0.15, 0.2) is 60.9 Å². The molecule has 3 rings (SSSR count). The Labute approximate surface area is 139 Å². The zero-order valence-corrected chi connectivity index (χ0v) is 12.9. The lowest BCUT2D eigenvalue weighted by atomic mass is 10.0. The van der Waals surface area contributed by atoms with Crippen LogP contribution < -0.4 is 4.74 Å². The van der Waals surface area contributed by atoms with Crippen molar-refractivity contribution in [1.29, 1.82) is 5.26 Å². The molecule has 0 amide bonds. The smallest absolute Gasteiger partial charge is 0.324 e. The number of carbonyl (C=O) groups excluding carboxylic acids is 1. The van der Waals surface area contributed by atoms with Crippen molar-refractivity contribution in [2.24, 2.45) is 0 Å². The van der Waals surface area contributed by atoms with Gasteiger partial charge in [0.05, 0.1) is 11.6 Å². The molecule has 0 unspecified atom stereocenters. The van der Waals surface area contributed by atoms with Crippen LogP contribution in [0.5, 0.6) is 6.01 Å². The highest BCUT2D eigenvalue weighted by atomic mass is 16.5. The number of aromatic nitrogens is 2. The zero-order valence-electron chi connectivity index (χ0n) is 12.9. The number of hydrogen-bond donors (Lipinski definition) is 0. The van der Waals surface area contributed by atoms with Crippen LogP contribution >= 0.6 is 0 Å². The minimum Gasteiger partial charge on any atom is -0.391 e. The molecule has 0 aliphatic rings. The molecule has 0 saturated carbocycles. The van der Waals surface area contributed by atoms with Crippen LogP contribution in [0, 0.1) is 11.3 Å². The second-order valence-electron chi connectivity index (χ2n) is 5.11. The summed E-state index contributed by atoms with van der Waals surface area (Å²) in [7, 11) is 0. The summed E-state index contributed by atoms with van der Waals surface area (Å²) < 4.78 is 4.82. The van der Waals surface area contributed by atoms with Crippen LogP contribution in [0.1, 0.15) is 12.5 Å². The lowest BCUT2D eigenvalue weighted by Crippen LogP contribution is -2.04. The van der Waals surface area contributed by atoms with Crippen molar-refractivity contribution in [2.75, 3.05) is 0 Å². The summed E-state index contributed by atoms with van der Waals surface area (Å²) in [5.74, 6) is -0.450. The molecule has 0 aliphatic heterocycles. The Kier molecular flexibility index (Phi) is 4.30. The van der Waals surface area contributed by atoms with Gasteiger partial charge in [-0.2, -0.15) is 5.26 Å². The molecule has 0 atom stereocenters. The van der Waals surface area contributed by atoms with Crippen molar-refractivity contribution in [2.45, 2.75) is 6.92 Å².